The van der Waals surface area contributed by atoms with Gasteiger partial charge in [-0.25, -0.2) is 0 Å². The maximum Gasteiger partial charge on any atom is 0.231 e. The molecule has 0 aromatic carbocycles. The van der Waals surface area contributed by atoms with Crippen LogP contribution in [0.2, 0.25) is 0 Å². The van der Waals surface area contributed by atoms with E-state index in [0.717, 1.165) is 12.4 Å². The van der Waals surface area contributed by atoms with Crippen LogP contribution in [0.1, 0.15) is 0 Å². The van der Waals surface area contributed by atoms with Crippen LogP contribution in [0.5, 0.6) is 0 Å². The van der Waals surface area contributed by atoms with Gasteiger partial charge in [0.2, 0.25) is 6.79 Å². The maximum atomic E-state index is 6.74. The predicted octanol–water partition coefficient (Wildman–Crippen LogP) is 0.501. The van der Waals surface area contributed by atoms with Gasteiger partial charge >= 0.3 is 0 Å². The van der Waals surface area contributed by atoms with E-state index in [1.54, 1.807) is 0 Å². The second kappa shape index (κ2) is 2.30. The first-order chi connectivity index (χ1) is 4.38. The zero-order valence-corrected chi connectivity index (χ0v) is 4.68. The summed E-state index contributed by atoms with van der Waals surface area (Å²) in [6, 6.07) is 0. The minimum Gasteiger partial charge on any atom is -0.452 e. The molecular formula is C5H6N2O2. The Morgan fingerprint density at radius 1 is 1.11 bits per heavy atom. The van der Waals surface area contributed by atoms with E-state index in [0.29, 0.717) is 11.5 Å². The Balaban J connectivity index is 2.81. The lowest BCUT2D eigenvalue weighted by atomic mass is 10.4. The summed E-state index contributed by atoms with van der Waals surface area (Å²) in [6.07, 6.45) is 2.04. The summed E-state index contributed by atoms with van der Waals surface area (Å²) in [5, 5.41) is 13.5. The third kappa shape index (κ3) is 0.910. The number of rotatable bonds is 2. The minimum absolute atomic E-state index is 0.120. The highest BCUT2D eigenvalue weighted by atomic mass is 16.7. The maximum absolute atomic E-state index is 6.74. The fraction of sp³-hybridized carbons (Fsp3) is 0.200. The van der Waals surface area contributed by atoms with E-state index in [1.165, 1.54) is 0 Å². The Bertz CT molecular complexity index is 156. The molecule has 0 saturated heterocycles. The van der Waals surface area contributed by atoms with Gasteiger partial charge in [0.05, 0.1) is 12.4 Å². The number of hydrogen-bond donors (Lipinski definition) is 2. The van der Waals surface area contributed by atoms with Crippen LogP contribution in [0.15, 0.2) is 11.5 Å². The van der Waals surface area contributed by atoms with Crippen LogP contribution in [-0.2, 0) is 9.47 Å². The molecule has 48 valence electrons. The molecule has 0 bridgehead atoms. The quantitative estimate of drug-likeness (QED) is 0.529. The average molecular weight is 126 g/mol. The third-order valence-corrected chi connectivity index (χ3v) is 0.934. The van der Waals surface area contributed by atoms with Gasteiger partial charge in [-0.2, -0.15) is 0 Å². The zero-order valence-electron chi connectivity index (χ0n) is 4.68. The summed E-state index contributed by atoms with van der Waals surface area (Å²) < 4.78 is 9.54. The van der Waals surface area contributed by atoms with Gasteiger partial charge in [-0.05, 0) is 0 Å². The van der Waals surface area contributed by atoms with Crippen molar-refractivity contribution in [1.29, 1.82) is 10.8 Å². The molecule has 0 radical (unpaired) electrons. The summed E-state index contributed by atoms with van der Waals surface area (Å²) in [5.74, 6) is 0.648. The molecule has 1 aliphatic heterocycles. The molecule has 0 atom stereocenters. The van der Waals surface area contributed by atoms with Crippen molar-refractivity contribution in [3.05, 3.63) is 11.5 Å². The van der Waals surface area contributed by atoms with Gasteiger partial charge in [0.1, 0.15) is 0 Å². The van der Waals surface area contributed by atoms with Gasteiger partial charge in [0, 0.05) is 0 Å². The monoisotopic (exact) mass is 126 g/mol. The molecule has 0 fully saturated rings. The van der Waals surface area contributed by atoms with Gasteiger partial charge in [0.15, 0.2) is 11.5 Å². The van der Waals surface area contributed by atoms with E-state index in [9.17, 15) is 0 Å². The Hall–Kier alpha value is -1.32. The number of hydrogen-bond acceptors (Lipinski definition) is 4. The molecule has 1 rings (SSSR count). The number of ether oxygens (including phenoxy) is 2. The normalized spacial score (nSPS) is 16.4. The van der Waals surface area contributed by atoms with E-state index in [-0.39, 0.29) is 6.79 Å². The first kappa shape index (κ1) is 5.81. The SMILES string of the molecule is N=CC1=C(C=N)OCO1. The van der Waals surface area contributed by atoms with Crippen LogP contribution >= 0.6 is 0 Å². The van der Waals surface area contributed by atoms with Gasteiger partial charge in [-0.1, -0.05) is 0 Å². The molecule has 0 aromatic rings. The van der Waals surface area contributed by atoms with Crippen molar-refractivity contribution in [2.45, 2.75) is 0 Å². The molecule has 1 aliphatic rings. The molecule has 4 heteroatoms. The van der Waals surface area contributed by atoms with Gasteiger partial charge in [-0.15, -0.1) is 0 Å². The van der Waals surface area contributed by atoms with Crippen molar-refractivity contribution in [2.24, 2.45) is 0 Å². The molecule has 0 aromatic heterocycles. The molecule has 0 spiro atoms. The summed E-state index contributed by atoms with van der Waals surface area (Å²) in [7, 11) is 0. The van der Waals surface area contributed by atoms with Crippen LogP contribution in [0.25, 0.3) is 0 Å². The second-order valence-corrected chi connectivity index (χ2v) is 1.42. The topological polar surface area (TPSA) is 66.2 Å². The van der Waals surface area contributed by atoms with E-state index >= 15 is 0 Å². The molecule has 4 nitrogen and oxygen atoms in total. The molecule has 0 unspecified atom stereocenters. The molecular weight excluding hydrogens is 120 g/mol. The number of allylic oxidation sites excluding steroid dienone is 2. The highest BCUT2D eigenvalue weighted by Gasteiger charge is 2.11. The minimum atomic E-state index is 0.120. The van der Waals surface area contributed by atoms with Crippen LogP contribution in [0.3, 0.4) is 0 Å². The van der Waals surface area contributed by atoms with E-state index in [2.05, 4.69) is 0 Å². The van der Waals surface area contributed by atoms with Crippen molar-refractivity contribution in [3.63, 3.8) is 0 Å². The van der Waals surface area contributed by atoms with Crippen molar-refractivity contribution >= 4 is 12.4 Å². The first-order valence-corrected chi connectivity index (χ1v) is 2.39. The first-order valence-electron chi connectivity index (χ1n) is 2.39. The summed E-state index contributed by atoms with van der Waals surface area (Å²) >= 11 is 0. The smallest absolute Gasteiger partial charge is 0.231 e. The Morgan fingerprint density at radius 2 is 1.56 bits per heavy atom. The van der Waals surface area contributed by atoms with Gasteiger partial charge in [-0.3, -0.25) is 0 Å². The van der Waals surface area contributed by atoms with Crippen molar-refractivity contribution in [2.75, 3.05) is 6.79 Å². The van der Waals surface area contributed by atoms with Crippen molar-refractivity contribution in [1.82, 2.24) is 0 Å². The third-order valence-electron chi connectivity index (χ3n) is 0.934. The number of nitrogens with one attached hydrogen (secondary N) is 2. The Labute approximate surface area is 52.1 Å². The van der Waals surface area contributed by atoms with Gasteiger partial charge in [0.25, 0.3) is 0 Å². The van der Waals surface area contributed by atoms with Crippen LogP contribution < -0.4 is 0 Å². The molecule has 0 saturated carbocycles. The Kier molecular flexibility index (Phi) is 1.48. The van der Waals surface area contributed by atoms with E-state index < -0.39 is 0 Å². The highest BCUT2D eigenvalue weighted by Crippen LogP contribution is 2.10. The van der Waals surface area contributed by atoms with E-state index in [4.69, 9.17) is 20.3 Å². The molecule has 9 heavy (non-hydrogen) atoms. The van der Waals surface area contributed by atoms with Gasteiger partial charge < -0.3 is 20.3 Å². The van der Waals surface area contributed by atoms with Crippen LogP contribution in [0, 0.1) is 10.8 Å². The summed E-state index contributed by atoms with van der Waals surface area (Å²) in [5.41, 5.74) is 0. The largest absolute Gasteiger partial charge is 0.452 e. The molecule has 2 N–H and O–H groups in total. The fourth-order valence-electron chi connectivity index (χ4n) is 0.524. The zero-order chi connectivity index (χ0) is 6.69. The second-order valence-electron chi connectivity index (χ2n) is 1.42. The lowest BCUT2D eigenvalue weighted by Crippen LogP contribution is -1.86. The molecule has 0 aliphatic carbocycles. The standard InChI is InChI=1S/C5H6N2O2/c6-1-4-5(2-7)9-3-8-4/h1-2,6-7H,3H2. The van der Waals surface area contributed by atoms with Crippen molar-refractivity contribution < 1.29 is 9.47 Å². The van der Waals surface area contributed by atoms with Crippen molar-refractivity contribution in [3.8, 4) is 0 Å². The summed E-state index contributed by atoms with van der Waals surface area (Å²) in [4.78, 5) is 0. The average Bonchev–Trinajstić information content (AvgIpc) is 2.33. The lowest BCUT2D eigenvalue weighted by Gasteiger charge is -1.87. The molecule has 1 heterocycles. The van der Waals surface area contributed by atoms with E-state index in [1.807, 2.05) is 0 Å². The summed E-state index contributed by atoms with van der Waals surface area (Å²) in [6.45, 7) is 0.120. The molecule has 0 amide bonds. The van der Waals surface area contributed by atoms with Crippen LogP contribution in [-0.4, -0.2) is 19.2 Å². The Morgan fingerprint density at radius 3 is 1.89 bits per heavy atom. The van der Waals surface area contributed by atoms with Crippen LogP contribution in [0.4, 0.5) is 0 Å². The predicted molar refractivity (Wildman–Crippen MR) is 31.6 cm³/mol. The fourth-order valence-corrected chi connectivity index (χ4v) is 0.524. The highest BCUT2D eigenvalue weighted by molar-refractivity contribution is 5.85. The lowest BCUT2D eigenvalue weighted by molar-refractivity contribution is 0.0821.